The zero-order valence-corrected chi connectivity index (χ0v) is 14.7. The zero-order valence-electron chi connectivity index (χ0n) is 14.0. The second kappa shape index (κ2) is 8.70. The van der Waals surface area contributed by atoms with Crippen LogP contribution in [-0.4, -0.2) is 26.2 Å². The Labute approximate surface area is 155 Å². The molecule has 0 bridgehead atoms. The van der Waals surface area contributed by atoms with Crippen molar-refractivity contribution in [3.05, 3.63) is 64.2 Å². The smallest absolute Gasteiger partial charge is 0.337 e. The monoisotopic (exact) mass is 371 g/mol. The highest BCUT2D eigenvalue weighted by Crippen LogP contribution is 2.36. The molecule has 2 rings (SSSR count). The molecule has 0 N–H and O–H groups in total. The average molecular weight is 372 g/mol. The van der Waals surface area contributed by atoms with E-state index in [4.69, 9.17) is 26.3 Å². The summed E-state index contributed by atoms with van der Waals surface area (Å²) in [6, 6.07) is 11.2. The molecule has 0 heterocycles. The number of rotatable bonds is 5. The number of esters is 2. The van der Waals surface area contributed by atoms with Gasteiger partial charge in [0.05, 0.1) is 36.4 Å². The van der Waals surface area contributed by atoms with E-state index in [1.54, 1.807) is 24.3 Å². The summed E-state index contributed by atoms with van der Waals surface area (Å²) in [7, 11) is 2.68. The van der Waals surface area contributed by atoms with Gasteiger partial charge in [0.2, 0.25) is 0 Å². The maximum Gasteiger partial charge on any atom is 0.337 e. The predicted molar refractivity (Wildman–Crippen MR) is 95.2 cm³/mol. The zero-order chi connectivity index (χ0) is 19.1. The average Bonchev–Trinajstić information content (AvgIpc) is 2.67. The molecule has 6 nitrogen and oxygen atoms in total. The van der Waals surface area contributed by atoms with Crippen molar-refractivity contribution < 1.29 is 23.8 Å². The van der Waals surface area contributed by atoms with Crippen molar-refractivity contribution in [2.24, 2.45) is 0 Å². The largest absolute Gasteiger partial charge is 0.493 e. The van der Waals surface area contributed by atoms with Crippen molar-refractivity contribution in [1.29, 1.82) is 5.26 Å². The molecule has 0 fully saturated rings. The molecule has 26 heavy (non-hydrogen) atoms. The molecule has 0 amide bonds. The number of carbonyl (C=O) groups excluding carboxylic acids is 2. The van der Waals surface area contributed by atoms with Crippen molar-refractivity contribution in [1.82, 2.24) is 0 Å². The minimum Gasteiger partial charge on any atom is -0.493 e. The number of benzene rings is 2. The number of hydrogen-bond donors (Lipinski definition) is 0. The first kappa shape index (κ1) is 19.0. The molecule has 0 atom stereocenters. The Balaban J connectivity index is 2.13. The molecule has 0 saturated heterocycles. The van der Waals surface area contributed by atoms with Crippen LogP contribution in [0.1, 0.15) is 21.5 Å². The van der Waals surface area contributed by atoms with Gasteiger partial charge in [0.15, 0.2) is 11.5 Å². The number of ether oxygens (including phenoxy) is 3. The standard InChI is InChI=1S/C19H14ClNO5/c1-24-16-10-13(11-21)9-15(20)18(16)26-17(22)8-5-12-3-6-14(7-4-12)19(23)25-2/h3-10H,1-2H3/b8-5+. The molecule has 0 spiro atoms. The Morgan fingerprint density at radius 1 is 1.15 bits per heavy atom. The minimum absolute atomic E-state index is 0.0313. The molecular formula is C19H14ClNO5. The van der Waals surface area contributed by atoms with Crippen molar-refractivity contribution in [2.75, 3.05) is 14.2 Å². The third kappa shape index (κ3) is 4.62. The van der Waals surface area contributed by atoms with Gasteiger partial charge in [-0.15, -0.1) is 0 Å². The van der Waals surface area contributed by atoms with E-state index in [9.17, 15) is 9.59 Å². The van der Waals surface area contributed by atoms with Gasteiger partial charge >= 0.3 is 11.9 Å². The number of nitriles is 1. The van der Waals surface area contributed by atoms with Crippen LogP contribution in [-0.2, 0) is 9.53 Å². The van der Waals surface area contributed by atoms with E-state index >= 15 is 0 Å². The van der Waals surface area contributed by atoms with Gasteiger partial charge in [-0.3, -0.25) is 0 Å². The Morgan fingerprint density at radius 2 is 1.85 bits per heavy atom. The molecule has 2 aromatic carbocycles. The van der Waals surface area contributed by atoms with E-state index in [2.05, 4.69) is 4.74 Å². The van der Waals surface area contributed by atoms with Crippen LogP contribution >= 0.6 is 11.6 Å². The molecule has 2 aromatic rings. The fourth-order valence-electron chi connectivity index (χ4n) is 2.03. The van der Waals surface area contributed by atoms with Gasteiger partial charge in [0, 0.05) is 12.1 Å². The van der Waals surface area contributed by atoms with Crippen LogP contribution in [0.5, 0.6) is 11.5 Å². The van der Waals surface area contributed by atoms with Crippen LogP contribution in [0.25, 0.3) is 6.08 Å². The number of methoxy groups -OCH3 is 2. The number of hydrogen-bond acceptors (Lipinski definition) is 6. The van der Waals surface area contributed by atoms with Gasteiger partial charge in [0.1, 0.15) is 0 Å². The third-order valence-electron chi connectivity index (χ3n) is 3.30. The highest BCUT2D eigenvalue weighted by molar-refractivity contribution is 6.32. The maximum absolute atomic E-state index is 12.0. The maximum atomic E-state index is 12.0. The Bertz CT molecular complexity index is 897. The second-order valence-corrected chi connectivity index (χ2v) is 5.38. The second-order valence-electron chi connectivity index (χ2n) is 4.97. The van der Waals surface area contributed by atoms with E-state index in [1.165, 1.54) is 38.5 Å². The normalized spacial score (nSPS) is 10.2. The van der Waals surface area contributed by atoms with Crippen molar-refractivity contribution in [3.63, 3.8) is 0 Å². The predicted octanol–water partition coefficient (Wildman–Crippen LogP) is 3.63. The van der Waals surface area contributed by atoms with Crippen molar-refractivity contribution >= 4 is 29.6 Å². The topological polar surface area (TPSA) is 85.6 Å². The van der Waals surface area contributed by atoms with Gasteiger partial charge in [0.25, 0.3) is 0 Å². The lowest BCUT2D eigenvalue weighted by Crippen LogP contribution is -2.06. The van der Waals surface area contributed by atoms with Crippen LogP contribution in [0.4, 0.5) is 0 Å². The number of carbonyl (C=O) groups is 2. The molecule has 0 aliphatic heterocycles. The fourth-order valence-corrected chi connectivity index (χ4v) is 2.28. The van der Waals surface area contributed by atoms with Gasteiger partial charge in [-0.1, -0.05) is 23.7 Å². The first-order valence-electron chi connectivity index (χ1n) is 7.34. The van der Waals surface area contributed by atoms with E-state index in [1.807, 2.05) is 6.07 Å². The van der Waals surface area contributed by atoms with Gasteiger partial charge < -0.3 is 14.2 Å². The summed E-state index contributed by atoms with van der Waals surface area (Å²) in [5.41, 5.74) is 1.38. The first-order valence-corrected chi connectivity index (χ1v) is 7.72. The minimum atomic E-state index is -0.674. The summed E-state index contributed by atoms with van der Waals surface area (Å²) in [6.07, 6.45) is 2.73. The molecule has 0 aliphatic carbocycles. The van der Waals surface area contributed by atoms with Crippen LogP contribution in [0.2, 0.25) is 5.02 Å². The van der Waals surface area contributed by atoms with E-state index < -0.39 is 11.9 Å². The molecule has 0 unspecified atom stereocenters. The van der Waals surface area contributed by atoms with E-state index in [0.29, 0.717) is 11.1 Å². The third-order valence-corrected chi connectivity index (χ3v) is 3.59. The summed E-state index contributed by atoms with van der Waals surface area (Å²) < 4.78 is 14.9. The molecular weight excluding hydrogens is 358 g/mol. The molecule has 7 heteroatoms. The van der Waals surface area contributed by atoms with Crippen LogP contribution in [0.15, 0.2) is 42.5 Å². The Morgan fingerprint density at radius 3 is 2.42 bits per heavy atom. The highest BCUT2D eigenvalue weighted by Gasteiger charge is 2.14. The summed E-state index contributed by atoms with van der Waals surface area (Å²) in [4.78, 5) is 23.4. The fraction of sp³-hybridized carbons (Fsp3) is 0.105. The van der Waals surface area contributed by atoms with Crippen LogP contribution in [0.3, 0.4) is 0 Å². The van der Waals surface area contributed by atoms with Gasteiger partial charge in [-0.25, -0.2) is 9.59 Å². The lowest BCUT2D eigenvalue weighted by Gasteiger charge is -2.10. The molecule has 0 aromatic heterocycles. The molecule has 0 radical (unpaired) electrons. The summed E-state index contributed by atoms with van der Waals surface area (Å²) in [5.74, 6) is -0.906. The Hall–Kier alpha value is -3.30. The van der Waals surface area contributed by atoms with Crippen LogP contribution in [0, 0.1) is 11.3 Å². The molecule has 0 aliphatic rings. The quantitative estimate of drug-likeness (QED) is 0.453. The highest BCUT2D eigenvalue weighted by atomic mass is 35.5. The van der Waals surface area contributed by atoms with Crippen molar-refractivity contribution in [3.8, 4) is 17.6 Å². The van der Waals surface area contributed by atoms with Gasteiger partial charge in [-0.05, 0) is 29.8 Å². The van der Waals surface area contributed by atoms with Crippen LogP contribution < -0.4 is 9.47 Å². The first-order chi connectivity index (χ1) is 12.5. The Kier molecular flexibility index (Phi) is 6.36. The summed E-state index contributed by atoms with van der Waals surface area (Å²) in [6.45, 7) is 0. The lowest BCUT2D eigenvalue weighted by atomic mass is 10.1. The molecule has 132 valence electrons. The lowest BCUT2D eigenvalue weighted by molar-refractivity contribution is -0.129. The summed E-state index contributed by atoms with van der Waals surface area (Å²) >= 11 is 6.04. The van der Waals surface area contributed by atoms with E-state index in [-0.39, 0.29) is 22.1 Å². The summed E-state index contributed by atoms with van der Waals surface area (Å²) in [5, 5.41) is 9.01. The van der Waals surface area contributed by atoms with Gasteiger partial charge in [-0.2, -0.15) is 5.26 Å². The van der Waals surface area contributed by atoms with E-state index in [0.717, 1.165) is 0 Å². The van der Waals surface area contributed by atoms with Crippen molar-refractivity contribution in [2.45, 2.75) is 0 Å². The SMILES string of the molecule is COC(=O)c1ccc(/C=C/C(=O)Oc2c(Cl)cc(C#N)cc2OC)cc1. The number of halogens is 1. The molecule has 0 saturated carbocycles. The number of nitrogens with zero attached hydrogens (tertiary/aromatic N) is 1.